The van der Waals surface area contributed by atoms with E-state index in [1.165, 1.54) is 0 Å². The average molecular weight is 265 g/mol. The fourth-order valence-electron chi connectivity index (χ4n) is 2.36. The van der Waals surface area contributed by atoms with Gasteiger partial charge in [0.05, 0.1) is 12.1 Å². The van der Waals surface area contributed by atoms with Gasteiger partial charge < -0.3 is 10.4 Å². The van der Waals surface area contributed by atoms with E-state index < -0.39 is 0 Å². The van der Waals surface area contributed by atoms with E-state index in [2.05, 4.69) is 20.5 Å². The molecule has 2 N–H and O–H groups in total. The molecule has 0 unspecified atom stereocenters. The monoisotopic (exact) mass is 264 g/mol. The van der Waals surface area contributed by atoms with Gasteiger partial charge in [-0.15, -0.1) is 10.2 Å². The smallest absolute Gasteiger partial charge is 0.159 e. The second-order valence-electron chi connectivity index (χ2n) is 4.51. The van der Waals surface area contributed by atoms with Crippen molar-refractivity contribution in [1.82, 2.24) is 15.2 Å². The Hall–Kier alpha value is -1.46. The topological polar surface area (TPSA) is 70.9 Å². The maximum absolute atomic E-state index is 9.82. The first-order chi connectivity index (χ1) is 8.75. The number of hydrogen-bond donors (Lipinski definition) is 2. The van der Waals surface area contributed by atoms with Crippen LogP contribution in [-0.4, -0.2) is 32.4 Å². The van der Waals surface area contributed by atoms with Crippen molar-refractivity contribution in [3.63, 3.8) is 0 Å². The van der Waals surface area contributed by atoms with Gasteiger partial charge in [0, 0.05) is 23.2 Å². The largest absolute Gasteiger partial charge is 0.391 e. The van der Waals surface area contributed by atoms with E-state index in [0.29, 0.717) is 11.0 Å². The third kappa shape index (κ3) is 2.00. The van der Waals surface area contributed by atoms with Crippen LogP contribution in [0.1, 0.15) is 19.3 Å². The van der Waals surface area contributed by atoms with Gasteiger partial charge in [0.25, 0.3) is 0 Å². The van der Waals surface area contributed by atoms with Crippen molar-refractivity contribution >= 4 is 28.2 Å². The molecule has 1 aliphatic rings. The van der Waals surface area contributed by atoms with Gasteiger partial charge in [-0.1, -0.05) is 11.6 Å². The molecule has 6 heteroatoms. The van der Waals surface area contributed by atoms with Gasteiger partial charge >= 0.3 is 0 Å². The molecule has 18 heavy (non-hydrogen) atoms. The molecule has 0 aliphatic heterocycles. The Morgan fingerprint density at radius 3 is 2.94 bits per heavy atom. The number of fused-ring (bicyclic) bond motifs is 1. The van der Waals surface area contributed by atoms with Crippen molar-refractivity contribution in [3.8, 4) is 0 Å². The number of halogens is 1. The molecule has 3 rings (SSSR count). The Kier molecular flexibility index (Phi) is 3.01. The summed E-state index contributed by atoms with van der Waals surface area (Å²) in [5.74, 6) is 0.633. The van der Waals surface area contributed by atoms with Gasteiger partial charge in [0.2, 0.25) is 0 Å². The maximum Gasteiger partial charge on any atom is 0.159 e. The minimum atomic E-state index is -0.325. The van der Waals surface area contributed by atoms with Gasteiger partial charge in [-0.2, -0.15) is 0 Å². The van der Waals surface area contributed by atoms with Crippen molar-refractivity contribution in [1.29, 1.82) is 0 Å². The first-order valence-corrected chi connectivity index (χ1v) is 6.34. The van der Waals surface area contributed by atoms with Crippen molar-refractivity contribution in [3.05, 3.63) is 23.6 Å². The molecular weight excluding hydrogens is 252 g/mol. The minimum absolute atomic E-state index is 0.0314. The zero-order chi connectivity index (χ0) is 12.5. The summed E-state index contributed by atoms with van der Waals surface area (Å²) in [5.41, 5.74) is 0. The number of nitrogens with zero attached hydrogens (tertiary/aromatic N) is 3. The van der Waals surface area contributed by atoms with Gasteiger partial charge in [0.1, 0.15) is 0 Å². The molecule has 1 fully saturated rings. The lowest BCUT2D eigenvalue weighted by Crippen LogP contribution is -2.28. The quantitative estimate of drug-likeness (QED) is 0.868. The number of aliphatic hydroxyl groups excluding tert-OH is 1. The highest BCUT2D eigenvalue weighted by Gasteiger charge is 2.26. The fraction of sp³-hybridized carbons (Fsp3) is 0.417. The molecule has 0 bridgehead atoms. The summed E-state index contributed by atoms with van der Waals surface area (Å²) in [6, 6.07) is 1.84. The van der Waals surface area contributed by atoms with E-state index in [1.54, 1.807) is 12.4 Å². The maximum atomic E-state index is 9.82. The fourth-order valence-corrected chi connectivity index (χ4v) is 2.56. The van der Waals surface area contributed by atoms with Gasteiger partial charge in [0.15, 0.2) is 11.0 Å². The molecule has 94 valence electrons. The predicted molar refractivity (Wildman–Crippen MR) is 69.6 cm³/mol. The van der Waals surface area contributed by atoms with Crippen molar-refractivity contribution < 1.29 is 5.11 Å². The molecule has 5 nitrogen and oxygen atoms in total. The SMILES string of the molecule is O[C@@H]1CCC[C@H]1Nc1nnc(Cl)c2ccncc12. The van der Waals surface area contributed by atoms with E-state index in [-0.39, 0.29) is 12.1 Å². The number of aromatic nitrogens is 3. The summed E-state index contributed by atoms with van der Waals surface area (Å²) in [6.07, 6.45) is 5.84. The van der Waals surface area contributed by atoms with Crippen LogP contribution < -0.4 is 5.32 Å². The number of nitrogens with one attached hydrogen (secondary N) is 1. The Balaban J connectivity index is 1.99. The summed E-state index contributed by atoms with van der Waals surface area (Å²) >= 11 is 6.00. The second-order valence-corrected chi connectivity index (χ2v) is 4.87. The minimum Gasteiger partial charge on any atom is -0.391 e. The summed E-state index contributed by atoms with van der Waals surface area (Å²) < 4.78 is 0. The molecule has 2 atom stereocenters. The Morgan fingerprint density at radius 2 is 2.17 bits per heavy atom. The lowest BCUT2D eigenvalue weighted by molar-refractivity contribution is 0.171. The molecule has 0 radical (unpaired) electrons. The average Bonchev–Trinajstić information content (AvgIpc) is 2.79. The summed E-state index contributed by atoms with van der Waals surface area (Å²) in [5, 5.41) is 23.1. The van der Waals surface area contributed by atoms with E-state index in [0.717, 1.165) is 30.0 Å². The first-order valence-electron chi connectivity index (χ1n) is 5.96. The number of hydrogen-bond acceptors (Lipinski definition) is 5. The zero-order valence-corrected chi connectivity index (χ0v) is 10.4. The lowest BCUT2D eigenvalue weighted by Gasteiger charge is -2.17. The van der Waals surface area contributed by atoms with Crippen LogP contribution in [0.15, 0.2) is 18.5 Å². The molecule has 0 spiro atoms. The van der Waals surface area contributed by atoms with Crippen LogP contribution in [0, 0.1) is 0 Å². The van der Waals surface area contributed by atoms with Crippen molar-refractivity contribution in [2.24, 2.45) is 0 Å². The van der Waals surface area contributed by atoms with Crippen LogP contribution in [-0.2, 0) is 0 Å². The number of rotatable bonds is 2. The predicted octanol–water partition coefficient (Wildman–Crippen LogP) is 2.00. The van der Waals surface area contributed by atoms with Crippen molar-refractivity contribution in [2.75, 3.05) is 5.32 Å². The molecule has 1 aliphatic carbocycles. The first kappa shape index (κ1) is 11.6. The highest BCUT2D eigenvalue weighted by atomic mass is 35.5. The van der Waals surface area contributed by atoms with E-state index >= 15 is 0 Å². The Bertz CT molecular complexity index is 577. The summed E-state index contributed by atoms with van der Waals surface area (Å²) in [4.78, 5) is 4.08. The van der Waals surface area contributed by atoms with Gasteiger partial charge in [-0.3, -0.25) is 4.98 Å². The number of aliphatic hydroxyl groups is 1. The van der Waals surface area contributed by atoms with Crippen LogP contribution in [0.4, 0.5) is 5.82 Å². The molecule has 2 aromatic rings. The third-order valence-corrected chi connectivity index (χ3v) is 3.62. The highest BCUT2D eigenvalue weighted by molar-refractivity contribution is 6.34. The van der Waals surface area contributed by atoms with Crippen molar-refractivity contribution in [2.45, 2.75) is 31.4 Å². The number of pyridine rings is 1. The van der Waals surface area contributed by atoms with Crippen LogP contribution >= 0.6 is 11.6 Å². The van der Waals surface area contributed by atoms with Gasteiger partial charge in [-0.25, -0.2) is 0 Å². The Labute approximate surface area is 109 Å². The standard InChI is InChI=1S/C12H13ClN4O/c13-11-7-4-5-14-6-8(7)12(17-16-11)15-9-2-1-3-10(9)18/h4-6,9-10,18H,1-3H2,(H,15,17)/t9-,10-/m1/s1. The normalized spacial score (nSPS) is 23.4. The zero-order valence-electron chi connectivity index (χ0n) is 9.67. The molecule has 0 saturated heterocycles. The van der Waals surface area contributed by atoms with Crippen LogP contribution in [0.5, 0.6) is 0 Å². The summed E-state index contributed by atoms with van der Waals surface area (Å²) in [6.45, 7) is 0. The highest BCUT2D eigenvalue weighted by Crippen LogP contribution is 2.28. The number of anilines is 1. The molecule has 0 amide bonds. The Morgan fingerprint density at radius 1 is 1.28 bits per heavy atom. The van der Waals surface area contributed by atoms with E-state index in [9.17, 15) is 5.11 Å². The summed E-state index contributed by atoms with van der Waals surface area (Å²) in [7, 11) is 0. The van der Waals surface area contributed by atoms with E-state index in [1.807, 2.05) is 6.07 Å². The molecule has 2 aromatic heterocycles. The second kappa shape index (κ2) is 4.66. The molecule has 2 heterocycles. The molecule has 1 saturated carbocycles. The lowest BCUT2D eigenvalue weighted by atomic mass is 10.2. The molecular formula is C12H13ClN4O. The third-order valence-electron chi connectivity index (χ3n) is 3.34. The van der Waals surface area contributed by atoms with E-state index in [4.69, 9.17) is 11.6 Å². The van der Waals surface area contributed by atoms with Gasteiger partial charge in [-0.05, 0) is 25.3 Å². The van der Waals surface area contributed by atoms with Crippen LogP contribution in [0.3, 0.4) is 0 Å². The van der Waals surface area contributed by atoms with Crippen LogP contribution in [0.25, 0.3) is 10.8 Å². The van der Waals surface area contributed by atoms with Crippen LogP contribution in [0.2, 0.25) is 5.15 Å². The molecule has 0 aromatic carbocycles.